The number of imidazole rings is 1. The average molecular weight is 394 g/mol. The zero-order valence-corrected chi connectivity index (χ0v) is 16.6. The number of ether oxygens (including phenoxy) is 1. The Hall–Kier alpha value is -2.64. The van der Waals surface area contributed by atoms with Crippen molar-refractivity contribution in [1.82, 2.24) is 19.4 Å². The average Bonchev–Trinajstić information content (AvgIpc) is 2.97. The first-order valence-corrected chi connectivity index (χ1v) is 9.84. The van der Waals surface area contributed by atoms with Crippen molar-refractivity contribution in [2.45, 2.75) is 25.1 Å². The van der Waals surface area contributed by atoms with Crippen LogP contribution in [0.2, 0.25) is 0 Å². The first kappa shape index (κ1) is 18.4. The molecule has 150 valence electrons. The number of benzene rings is 1. The van der Waals surface area contributed by atoms with Crippen LogP contribution in [0, 0.1) is 6.92 Å². The van der Waals surface area contributed by atoms with E-state index in [0.29, 0.717) is 18.9 Å². The minimum absolute atomic E-state index is 0.0104. The number of ketones is 1. The molecule has 6 nitrogen and oxygen atoms in total. The van der Waals surface area contributed by atoms with Gasteiger partial charge in [0.15, 0.2) is 11.5 Å². The van der Waals surface area contributed by atoms with Crippen molar-refractivity contribution < 1.29 is 13.9 Å². The van der Waals surface area contributed by atoms with Gasteiger partial charge in [-0.15, -0.1) is 0 Å². The maximum Gasteiger partial charge on any atom is 0.194 e. The Balaban J connectivity index is 1.35. The molecular formula is C22H23FN4O2. The summed E-state index contributed by atoms with van der Waals surface area (Å²) in [5.74, 6) is 0.552. The molecule has 0 atom stereocenters. The van der Waals surface area contributed by atoms with Crippen LogP contribution in [0.1, 0.15) is 11.5 Å². The highest BCUT2D eigenvalue weighted by Gasteiger charge is 2.52. The van der Waals surface area contributed by atoms with E-state index in [1.807, 2.05) is 47.8 Å². The summed E-state index contributed by atoms with van der Waals surface area (Å²) in [7, 11) is 1.98. The minimum Gasteiger partial charge on any atom is -0.378 e. The SMILES string of the molecule is Cc1ncc(-c2ccc3cnc(CC(=O)C4(F)CN(C5COC5)C4)cc3c2)n1C. The van der Waals surface area contributed by atoms with Gasteiger partial charge in [0.05, 0.1) is 37.6 Å². The monoisotopic (exact) mass is 394 g/mol. The van der Waals surface area contributed by atoms with Crippen LogP contribution < -0.4 is 0 Å². The Kier molecular flexibility index (Phi) is 4.26. The molecule has 0 saturated carbocycles. The number of carbonyl (C=O) groups is 1. The van der Waals surface area contributed by atoms with Crippen LogP contribution in [0.15, 0.2) is 36.7 Å². The molecule has 1 aromatic carbocycles. The van der Waals surface area contributed by atoms with E-state index in [9.17, 15) is 9.18 Å². The molecule has 2 fully saturated rings. The fraction of sp³-hybridized carbons (Fsp3) is 0.409. The molecule has 0 amide bonds. The van der Waals surface area contributed by atoms with Crippen LogP contribution >= 0.6 is 0 Å². The summed E-state index contributed by atoms with van der Waals surface area (Å²) in [6.07, 6.45) is 3.61. The standard InChI is InChI=1S/C22H23FN4O2/c1-14-24-9-20(26(14)2)15-3-4-16-8-25-18(6-17(16)5-15)7-21(28)22(23)12-27(13-22)19-10-29-11-19/h3-6,8-9,19H,7,10-13H2,1-2H3. The lowest BCUT2D eigenvalue weighted by atomic mass is 9.87. The first-order valence-electron chi connectivity index (χ1n) is 9.84. The van der Waals surface area contributed by atoms with Gasteiger partial charge in [0.25, 0.3) is 0 Å². The van der Waals surface area contributed by atoms with Crippen molar-refractivity contribution in [3.63, 3.8) is 0 Å². The number of alkyl halides is 1. The van der Waals surface area contributed by atoms with E-state index in [4.69, 9.17) is 4.74 Å². The molecule has 2 aliphatic heterocycles. The number of hydrogen-bond acceptors (Lipinski definition) is 5. The maximum atomic E-state index is 14.9. The van der Waals surface area contributed by atoms with E-state index in [1.165, 1.54) is 0 Å². The first-order chi connectivity index (χ1) is 13.9. The Bertz CT molecular complexity index is 1100. The van der Waals surface area contributed by atoms with E-state index in [2.05, 4.69) is 16.0 Å². The van der Waals surface area contributed by atoms with E-state index < -0.39 is 5.67 Å². The summed E-state index contributed by atoms with van der Waals surface area (Å²) >= 11 is 0. The summed E-state index contributed by atoms with van der Waals surface area (Å²) in [5.41, 5.74) is 0.906. The van der Waals surface area contributed by atoms with E-state index in [1.54, 1.807) is 6.20 Å². The Labute approximate surface area is 168 Å². The fourth-order valence-corrected chi connectivity index (χ4v) is 4.00. The molecule has 0 unspecified atom stereocenters. The molecule has 0 aliphatic carbocycles. The molecule has 3 aromatic rings. The Morgan fingerprint density at radius 3 is 2.66 bits per heavy atom. The predicted octanol–water partition coefficient (Wildman–Crippen LogP) is 2.48. The van der Waals surface area contributed by atoms with Gasteiger partial charge in [-0.25, -0.2) is 9.37 Å². The van der Waals surface area contributed by atoms with Gasteiger partial charge in [-0.1, -0.05) is 12.1 Å². The highest BCUT2D eigenvalue weighted by Crippen LogP contribution is 2.32. The number of Topliss-reactive ketones (excluding diaryl/α,β-unsaturated/α-hetero) is 1. The van der Waals surface area contributed by atoms with Gasteiger partial charge in [-0.2, -0.15) is 0 Å². The third-order valence-electron chi connectivity index (χ3n) is 6.18. The van der Waals surface area contributed by atoms with Gasteiger partial charge in [-0.3, -0.25) is 14.7 Å². The zero-order chi connectivity index (χ0) is 20.2. The number of aryl methyl sites for hydroxylation is 1. The number of likely N-dealkylation sites (tertiary alicyclic amines) is 1. The molecule has 2 saturated heterocycles. The molecule has 2 aliphatic rings. The third-order valence-corrected chi connectivity index (χ3v) is 6.18. The van der Waals surface area contributed by atoms with Crippen LogP contribution in [-0.4, -0.2) is 63.2 Å². The molecule has 2 aromatic heterocycles. The predicted molar refractivity (Wildman–Crippen MR) is 107 cm³/mol. The van der Waals surface area contributed by atoms with Gasteiger partial charge in [0.1, 0.15) is 5.82 Å². The summed E-state index contributed by atoms with van der Waals surface area (Å²) in [6.45, 7) is 3.56. The summed E-state index contributed by atoms with van der Waals surface area (Å²) in [4.78, 5) is 23.3. The van der Waals surface area contributed by atoms with Crippen molar-refractivity contribution in [2.75, 3.05) is 26.3 Å². The summed E-state index contributed by atoms with van der Waals surface area (Å²) < 4.78 is 22.1. The number of fused-ring (bicyclic) bond motifs is 1. The quantitative estimate of drug-likeness (QED) is 0.665. The molecule has 0 radical (unpaired) electrons. The summed E-state index contributed by atoms with van der Waals surface area (Å²) in [6, 6.07) is 8.26. The van der Waals surface area contributed by atoms with E-state index >= 15 is 0 Å². The lowest BCUT2D eigenvalue weighted by Crippen LogP contribution is -2.69. The Morgan fingerprint density at radius 1 is 1.21 bits per heavy atom. The molecular weight excluding hydrogens is 371 g/mol. The second-order valence-corrected chi connectivity index (χ2v) is 8.15. The largest absolute Gasteiger partial charge is 0.378 e. The molecule has 0 bridgehead atoms. The topological polar surface area (TPSA) is 60.3 Å². The third kappa shape index (κ3) is 3.14. The molecule has 29 heavy (non-hydrogen) atoms. The zero-order valence-electron chi connectivity index (χ0n) is 16.6. The lowest BCUT2D eigenvalue weighted by Gasteiger charge is -2.49. The Morgan fingerprint density at radius 2 is 2.00 bits per heavy atom. The van der Waals surface area contributed by atoms with Gasteiger partial charge < -0.3 is 9.30 Å². The van der Waals surface area contributed by atoms with Crippen LogP contribution in [0.3, 0.4) is 0 Å². The lowest BCUT2D eigenvalue weighted by molar-refractivity contribution is -0.161. The van der Waals surface area contributed by atoms with Crippen molar-refractivity contribution in [3.8, 4) is 11.3 Å². The molecule has 4 heterocycles. The van der Waals surface area contributed by atoms with Crippen LogP contribution in [0.25, 0.3) is 22.0 Å². The second-order valence-electron chi connectivity index (χ2n) is 8.15. The van der Waals surface area contributed by atoms with Crippen LogP contribution in [0.5, 0.6) is 0 Å². The van der Waals surface area contributed by atoms with Crippen molar-refractivity contribution in [1.29, 1.82) is 0 Å². The van der Waals surface area contributed by atoms with Gasteiger partial charge >= 0.3 is 0 Å². The van der Waals surface area contributed by atoms with Crippen LogP contribution in [-0.2, 0) is 23.0 Å². The van der Waals surface area contributed by atoms with Gasteiger partial charge in [-0.05, 0) is 24.4 Å². The number of carbonyl (C=O) groups excluding carboxylic acids is 1. The number of hydrogen-bond donors (Lipinski definition) is 0. The molecule has 0 spiro atoms. The minimum atomic E-state index is -1.76. The van der Waals surface area contributed by atoms with Gasteiger partial charge in [0.2, 0.25) is 0 Å². The molecule has 0 N–H and O–H groups in total. The molecule has 5 rings (SSSR count). The van der Waals surface area contributed by atoms with Gasteiger partial charge in [0, 0.05) is 43.0 Å². The highest BCUT2D eigenvalue weighted by molar-refractivity contribution is 5.92. The summed E-state index contributed by atoms with van der Waals surface area (Å²) in [5, 5.41) is 1.97. The smallest absolute Gasteiger partial charge is 0.194 e. The number of halogens is 1. The normalized spacial score (nSPS) is 19.1. The number of nitrogens with zero attached hydrogens (tertiary/aromatic N) is 4. The van der Waals surface area contributed by atoms with Crippen molar-refractivity contribution in [2.24, 2.45) is 7.05 Å². The fourth-order valence-electron chi connectivity index (χ4n) is 4.00. The number of rotatable bonds is 5. The maximum absolute atomic E-state index is 14.9. The second kappa shape index (κ2) is 6.71. The highest BCUT2D eigenvalue weighted by atomic mass is 19.1. The van der Waals surface area contributed by atoms with Crippen LogP contribution in [0.4, 0.5) is 4.39 Å². The van der Waals surface area contributed by atoms with Crippen molar-refractivity contribution in [3.05, 3.63) is 48.2 Å². The number of pyridine rings is 1. The molecule has 7 heteroatoms. The van der Waals surface area contributed by atoms with Crippen molar-refractivity contribution >= 4 is 16.6 Å². The number of aromatic nitrogens is 3. The van der Waals surface area contributed by atoms with E-state index in [0.717, 1.165) is 27.9 Å². The van der Waals surface area contributed by atoms with E-state index in [-0.39, 0.29) is 31.3 Å².